The van der Waals surface area contributed by atoms with E-state index >= 15 is 0 Å². The van der Waals surface area contributed by atoms with Crippen LogP contribution in [-0.4, -0.2) is 29.6 Å². The minimum absolute atomic E-state index is 0.202. The third kappa shape index (κ3) is 5.14. The maximum Gasteiger partial charge on any atom is 0.335 e. The highest BCUT2D eigenvalue weighted by Gasteiger charge is 2.18. The Labute approximate surface area is 77.2 Å². The number of esters is 1. The zero-order chi connectivity index (χ0) is 10.3. The summed E-state index contributed by atoms with van der Waals surface area (Å²) in [5.74, 6) is -1.04. The van der Waals surface area contributed by atoms with Gasteiger partial charge in [-0.15, -0.1) is 0 Å². The second-order valence-electron chi connectivity index (χ2n) is 2.44. The molecule has 13 heavy (non-hydrogen) atoms. The Balaban J connectivity index is 3.92. The van der Waals surface area contributed by atoms with Gasteiger partial charge in [0.05, 0.1) is 6.61 Å². The molecule has 0 heterocycles. The van der Waals surface area contributed by atoms with Crippen LogP contribution < -0.4 is 0 Å². The number of ketones is 1. The Hall–Kier alpha value is -1.16. The summed E-state index contributed by atoms with van der Waals surface area (Å²) in [6.07, 6.45) is 1.30. The van der Waals surface area contributed by atoms with Crippen LogP contribution in [0.5, 0.6) is 0 Å². The lowest BCUT2D eigenvalue weighted by atomic mass is 10.2. The fraction of sp³-hybridized carbons (Fsp3) is 0.556. The van der Waals surface area contributed by atoms with Crippen LogP contribution in [-0.2, 0) is 14.3 Å². The van der Waals surface area contributed by atoms with Crippen LogP contribution in [0.15, 0.2) is 12.2 Å². The summed E-state index contributed by atoms with van der Waals surface area (Å²) in [4.78, 5) is 21.7. The number of carbonyl (C=O) groups excluding carboxylic acids is 2. The Morgan fingerprint density at radius 1 is 1.54 bits per heavy atom. The van der Waals surface area contributed by atoms with Crippen LogP contribution in [0.4, 0.5) is 0 Å². The summed E-state index contributed by atoms with van der Waals surface area (Å²) in [6, 6.07) is 0. The molecule has 1 N–H and O–H groups in total. The van der Waals surface area contributed by atoms with Gasteiger partial charge in [0.25, 0.3) is 0 Å². The molecule has 0 saturated carbocycles. The number of aliphatic hydroxyl groups is 1. The quantitative estimate of drug-likeness (QED) is 0.500. The highest BCUT2D eigenvalue weighted by Crippen LogP contribution is 1.97. The average Bonchev–Trinajstić information content (AvgIpc) is 2.05. The monoisotopic (exact) mass is 186 g/mol. The third-order valence-corrected chi connectivity index (χ3v) is 1.31. The van der Waals surface area contributed by atoms with Crippen molar-refractivity contribution in [2.45, 2.75) is 26.4 Å². The van der Waals surface area contributed by atoms with Crippen LogP contribution in [0.25, 0.3) is 0 Å². The number of aliphatic hydroxyl groups excluding tert-OH is 1. The number of rotatable bonds is 5. The van der Waals surface area contributed by atoms with E-state index in [2.05, 4.69) is 4.74 Å². The maximum atomic E-state index is 10.9. The first kappa shape index (κ1) is 11.8. The highest BCUT2D eigenvalue weighted by molar-refractivity contribution is 5.93. The van der Waals surface area contributed by atoms with E-state index in [1.807, 2.05) is 0 Å². The Morgan fingerprint density at radius 3 is 2.62 bits per heavy atom. The molecule has 0 spiro atoms. The van der Waals surface area contributed by atoms with E-state index in [1.165, 1.54) is 6.08 Å². The fourth-order valence-electron chi connectivity index (χ4n) is 0.766. The zero-order valence-corrected chi connectivity index (χ0v) is 7.82. The van der Waals surface area contributed by atoms with Crippen molar-refractivity contribution in [1.29, 1.82) is 0 Å². The molecule has 0 aliphatic heterocycles. The highest BCUT2D eigenvalue weighted by atomic mass is 16.5. The molecule has 0 aliphatic carbocycles. The largest absolute Gasteiger partial charge is 0.464 e. The van der Waals surface area contributed by atoms with Crippen LogP contribution >= 0.6 is 0 Å². The molecule has 74 valence electrons. The Bertz CT molecular complexity index is 208. The average molecular weight is 186 g/mol. The van der Waals surface area contributed by atoms with Crippen molar-refractivity contribution < 1.29 is 19.4 Å². The van der Waals surface area contributed by atoms with Crippen LogP contribution in [0, 0.1) is 0 Å². The lowest BCUT2D eigenvalue weighted by Crippen LogP contribution is -2.25. The minimum atomic E-state index is -1.34. The summed E-state index contributed by atoms with van der Waals surface area (Å²) in [5.41, 5.74) is 0. The zero-order valence-electron chi connectivity index (χ0n) is 7.82. The molecule has 4 nitrogen and oxygen atoms in total. The molecule has 1 atom stereocenters. The molecular formula is C9H14O4. The van der Waals surface area contributed by atoms with Gasteiger partial charge in [0.1, 0.15) is 0 Å². The molecule has 0 unspecified atom stereocenters. The first-order chi connectivity index (χ1) is 6.11. The van der Waals surface area contributed by atoms with E-state index in [9.17, 15) is 9.59 Å². The van der Waals surface area contributed by atoms with Gasteiger partial charge in [-0.2, -0.15) is 0 Å². The van der Waals surface area contributed by atoms with Gasteiger partial charge in [-0.1, -0.05) is 6.08 Å². The molecule has 0 bridgehead atoms. The molecule has 0 aliphatic rings. The smallest absolute Gasteiger partial charge is 0.335 e. The molecule has 0 aromatic heterocycles. The van der Waals surface area contributed by atoms with Crippen molar-refractivity contribution in [1.82, 2.24) is 0 Å². The van der Waals surface area contributed by atoms with Crippen LogP contribution in [0.1, 0.15) is 20.3 Å². The molecule has 0 amide bonds. The standard InChI is InChI=1S/C9H14O4/c1-3-5-7(10)6-8(11)9(12)13-4-2/h3,5,8,11H,4,6H2,1-2H3/b5-3+/t8-/m0/s1. The molecule has 0 radical (unpaired) electrons. The molecule has 4 heteroatoms. The van der Waals surface area contributed by atoms with Gasteiger partial charge in [-0.25, -0.2) is 4.79 Å². The molecule has 0 saturated heterocycles. The van der Waals surface area contributed by atoms with Gasteiger partial charge < -0.3 is 9.84 Å². The van der Waals surface area contributed by atoms with Gasteiger partial charge in [-0.3, -0.25) is 4.79 Å². The Kier molecular flexibility index (Phi) is 5.80. The van der Waals surface area contributed by atoms with Gasteiger partial charge in [0.2, 0.25) is 0 Å². The maximum absolute atomic E-state index is 10.9. The number of hydrogen-bond acceptors (Lipinski definition) is 4. The predicted molar refractivity (Wildman–Crippen MR) is 47.1 cm³/mol. The summed E-state index contributed by atoms with van der Waals surface area (Å²) < 4.78 is 4.52. The SMILES string of the molecule is C/C=C/C(=O)C[C@H](O)C(=O)OCC. The van der Waals surface area contributed by atoms with E-state index in [-0.39, 0.29) is 18.8 Å². The molecule has 0 rings (SSSR count). The second-order valence-corrected chi connectivity index (χ2v) is 2.44. The van der Waals surface area contributed by atoms with E-state index in [0.717, 1.165) is 0 Å². The summed E-state index contributed by atoms with van der Waals surface area (Å²) >= 11 is 0. The summed E-state index contributed by atoms with van der Waals surface area (Å²) in [5, 5.41) is 9.12. The topological polar surface area (TPSA) is 63.6 Å². The third-order valence-electron chi connectivity index (χ3n) is 1.31. The van der Waals surface area contributed by atoms with Crippen molar-refractivity contribution in [3.05, 3.63) is 12.2 Å². The first-order valence-electron chi connectivity index (χ1n) is 4.12. The van der Waals surface area contributed by atoms with Crippen molar-refractivity contribution >= 4 is 11.8 Å². The predicted octanol–water partition coefficient (Wildman–Crippen LogP) is 0.446. The number of carbonyl (C=O) groups is 2. The molecular weight excluding hydrogens is 172 g/mol. The summed E-state index contributed by atoms with van der Waals surface area (Å²) in [6.45, 7) is 3.53. The van der Waals surface area contributed by atoms with Crippen molar-refractivity contribution in [2.24, 2.45) is 0 Å². The van der Waals surface area contributed by atoms with Gasteiger partial charge in [0, 0.05) is 6.42 Å². The lowest BCUT2D eigenvalue weighted by Gasteiger charge is -2.06. The first-order valence-corrected chi connectivity index (χ1v) is 4.12. The minimum Gasteiger partial charge on any atom is -0.464 e. The lowest BCUT2D eigenvalue weighted by molar-refractivity contribution is -0.154. The Morgan fingerprint density at radius 2 is 2.15 bits per heavy atom. The number of hydrogen-bond donors (Lipinski definition) is 1. The number of allylic oxidation sites excluding steroid dienone is 2. The summed E-state index contributed by atoms with van der Waals surface area (Å²) in [7, 11) is 0. The molecule has 0 aromatic rings. The molecule has 0 fully saturated rings. The van der Waals surface area contributed by atoms with Gasteiger partial charge in [-0.05, 0) is 19.9 Å². The van der Waals surface area contributed by atoms with E-state index < -0.39 is 12.1 Å². The normalized spacial score (nSPS) is 12.8. The van der Waals surface area contributed by atoms with Crippen molar-refractivity contribution in [3.8, 4) is 0 Å². The van der Waals surface area contributed by atoms with Gasteiger partial charge in [0.15, 0.2) is 11.9 Å². The van der Waals surface area contributed by atoms with E-state index in [1.54, 1.807) is 19.9 Å². The van der Waals surface area contributed by atoms with E-state index in [0.29, 0.717) is 0 Å². The molecule has 0 aromatic carbocycles. The van der Waals surface area contributed by atoms with E-state index in [4.69, 9.17) is 5.11 Å². The number of ether oxygens (including phenoxy) is 1. The van der Waals surface area contributed by atoms with Crippen LogP contribution in [0.3, 0.4) is 0 Å². The fourth-order valence-corrected chi connectivity index (χ4v) is 0.766. The van der Waals surface area contributed by atoms with Crippen LogP contribution in [0.2, 0.25) is 0 Å². The second kappa shape index (κ2) is 6.37. The van der Waals surface area contributed by atoms with Gasteiger partial charge >= 0.3 is 5.97 Å². The van der Waals surface area contributed by atoms with Crippen molar-refractivity contribution in [2.75, 3.05) is 6.61 Å². The van der Waals surface area contributed by atoms with Crippen molar-refractivity contribution in [3.63, 3.8) is 0 Å².